The molecule has 0 bridgehead atoms. The van der Waals surface area contributed by atoms with Crippen LogP contribution in [0.15, 0.2) is 30.3 Å². The summed E-state index contributed by atoms with van der Waals surface area (Å²) in [5.74, 6) is 5.82. The summed E-state index contributed by atoms with van der Waals surface area (Å²) >= 11 is 0. The van der Waals surface area contributed by atoms with Crippen LogP contribution in [-0.4, -0.2) is 64.5 Å². The summed E-state index contributed by atoms with van der Waals surface area (Å²) in [4.78, 5) is 33.5. The van der Waals surface area contributed by atoms with Gasteiger partial charge in [0.2, 0.25) is 6.10 Å². The molecule has 1 amide bonds. The van der Waals surface area contributed by atoms with Crippen molar-refractivity contribution in [2.75, 3.05) is 25.0 Å². The maximum absolute atomic E-state index is 12.1. The summed E-state index contributed by atoms with van der Waals surface area (Å²) in [7, 11) is 0. The van der Waals surface area contributed by atoms with Crippen LogP contribution in [0.1, 0.15) is 20.8 Å². The molecule has 1 unspecified atom stereocenters. The first kappa shape index (κ1) is 21.6. The molecular weight excluding hydrogens is 392 g/mol. The Bertz CT molecular complexity index is 923. The molecular formula is C20H26N4O6. The van der Waals surface area contributed by atoms with Crippen molar-refractivity contribution >= 4 is 28.8 Å². The van der Waals surface area contributed by atoms with Gasteiger partial charge in [-0.3, -0.25) is 4.84 Å². The zero-order valence-corrected chi connectivity index (χ0v) is 17.1. The van der Waals surface area contributed by atoms with Gasteiger partial charge in [-0.2, -0.15) is 0 Å². The lowest BCUT2D eigenvalue weighted by atomic mass is 10.1. The molecule has 1 aliphatic heterocycles. The third-order valence-electron chi connectivity index (χ3n) is 4.40. The number of rotatable bonds is 7. The third kappa shape index (κ3) is 5.49. The highest BCUT2D eigenvalue weighted by atomic mass is 16.7. The van der Waals surface area contributed by atoms with Gasteiger partial charge in [0, 0.05) is 18.5 Å². The Morgan fingerprint density at radius 2 is 2.03 bits per heavy atom. The first-order chi connectivity index (χ1) is 14.1. The molecule has 0 aliphatic carbocycles. The average Bonchev–Trinajstić information content (AvgIpc) is 2.63. The number of nitrogens with one attached hydrogen (secondary N) is 1. The van der Waals surface area contributed by atoms with Crippen LogP contribution in [0, 0.1) is 0 Å². The van der Waals surface area contributed by atoms with E-state index in [1.54, 1.807) is 39.0 Å². The Morgan fingerprint density at radius 3 is 2.67 bits per heavy atom. The van der Waals surface area contributed by atoms with E-state index in [0.29, 0.717) is 24.7 Å². The monoisotopic (exact) mass is 418 g/mol. The predicted molar refractivity (Wildman–Crippen MR) is 109 cm³/mol. The van der Waals surface area contributed by atoms with E-state index in [-0.39, 0.29) is 12.6 Å². The highest BCUT2D eigenvalue weighted by Gasteiger charge is 2.30. The van der Waals surface area contributed by atoms with Gasteiger partial charge in [0.15, 0.2) is 0 Å². The van der Waals surface area contributed by atoms with Gasteiger partial charge >= 0.3 is 12.1 Å². The van der Waals surface area contributed by atoms with Crippen LogP contribution >= 0.6 is 0 Å². The van der Waals surface area contributed by atoms with Crippen molar-refractivity contribution in [3.8, 4) is 5.75 Å². The van der Waals surface area contributed by atoms with E-state index in [9.17, 15) is 9.59 Å². The maximum atomic E-state index is 12.1. The molecule has 1 aromatic heterocycles. The molecule has 1 aromatic carbocycles. The second kappa shape index (κ2) is 8.72. The van der Waals surface area contributed by atoms with Crippen LogP contribution in [0.4, 0.5) is 10.6 Å². The fourth-order valence-electron chi connectivity index (χ4n) is 2.91. The van der Waals surface area contributed by atoms with Crippen molar-refractivity contribution in [1.82, 2.24) is 9.88 Å². The van der Waals surface area contributed by atoms with E-state index >= 15 is 0 Å². The summed E-state index contributed by atoms with van der Waals surface area (Å²) in [5.41, 5.74) is 0.0973. The number of hydrogen-bond donors (Lipinski definition) is 3. The van der Waals surface area contributed by atoms with Gasteiger partial charge in [-0.1, -0.05) is 0 Å². The van der Waals surface area contributed by atoms with Gasteiger partial charge in [0.25, 0.3) is 0 Å². The van der Waals surface area contributed by atoms with E-state index in [4.69, 9.17) is 25.3 Å². The first-order valence-corrected chi connectivity index (χ1v) is 9.51. The molecule has 0 saturated carbocycles. The van der Waals surface area contributed by atoms with Crippen molar-refractivity contribution in [3.63, 3.8) is 0 Å². The summed E-state index contributed by atoms with van der Waals surface area (Å²) in [6, 6.07) is 9.08. The molecule has 3 rings (SSSR count). The lowest BCUT2D eigenvalue weighted by Crippen LogP contribution is -2.56. The van der Waals surface area contributed by atoms with Crippen molar-refractivity contribution in [3.05, 3.63) is 30.3 Å². The normalized spacial score (nSPS) is 15.4. The van der Waals surface area contributed by atoms with Crippen LogP contribution in [0.5, 0.6) is 5.75 Å². The second-order valence-corrected chi connectivity index (χ2v) is 8.05. The van der Waals surface area contributed by atoms with E-state index in [1.807, 2.05) is 12.1 Å². The Kier molecular flexibility index (Phi) is 6.28. The zero-order valence-electron chi connectivity index (χ0n) is 17.1. The fourth-order valence-corrected chi connectivity index (χ4v) is 2.91. The van der Waals surface area contributed by atoms with Crippen LogP contribution in [0.3, 0.4) is 0 Å². The van der Waals surface area contributed by atoms with Crippen molar-refractivity contribution < 1.29 is 29.0 Å². The lowest BCUT2D eigenvalue weighted by Gasteiger charge is -2.37. The molecule has 10 nitrogen and oxygen atoms in total. The Morgan fingerprint density at radius 1 is 1.30 bits per heavy atom. The zero-order chi connectivity index (χ0) is 21.9. The minimum absolute atomic E-state index is 0.0507. The molecule has 1 aliphatic rings. The number of ether oxygens (including phenoxy) is 2. The molecule has 30 heavy (non-hydrogen) atoms. The number of hydrogen-bond acceptors (Lipinski definition) is 8. The standard InChI is InChI=1S/C20H26N4O6/c1-20(2,3)29-18(25)16(30-21)11-28-14-5-6-15-12(8-14)4-7-17(23-15)22-13-9-24(10-13)19(26)27/h4-8,13,16H,9-11,21H2,1-3H3,(H,22,23)(H,26,27). The third-order valence-corrected chi connectivity index (χ3v) is 4.40. The number of carbonyl (C=O) groups excluding carboxylic acids is 1. The van der Waals surface area contributed by atoms with Crippen LogP contribution in [-0.2, 0) is 14.4 Å². The molecule has 10 heteroatoms. The second-order valence-electron chi connectivity index (χ2n) is 8.05. The smallest absolute Gasteiger partial charge is 0.407 e. The van der Waals surface area contributed by atoms with Gasteiger partial charge in [0.05, 0.1) is 11.6 Å². The van der Waals surface area contributed by atoms with Crippen molar-refractivity contribution in [2.24, 2.45) is 5.90 Å². The number of benzene rings is 1. The number of aromatic nitrogens is 1. The summed E-state index contributed by atoms with van der Waals surface area (Å²) in [6.45, 7) is 6.04. The molecule has 1 fully saturated rings. The largest absolute Gasteiger partial charge is 0.490 e. The number of carboxylic acid groups (broad SMARTS) is 1. The Balaban J connectivity index is 1.59. The maximum Gasteiger partial charge on any atom is 0.407 e. The minimum Gasteiger partial charge on any atom is -0.490 e. The van der Waals surface area contributed by atoms with E-state index in [1.165, 1.54) is 4.90 Å². The molecule has 2 aromatic rings. The lowest BCUT2D eigenvalue weighted by molar-refractivity contribution is -0.170. The number of pyridine rings is 1. The number of fused-ring (bicyclic) bond motifs is 1. The molecule has 2 heterocycles. The predicted octanol–water partition coefficient (Wildman–Crippen LogP) is 1.99. The topological polar surface area (TPSA) is 136 Å². The van der Waals surface area contributed by atoms with Crippen molar-refractivity contribution in [1.29, 1.82) is 0 Å². The minimum atomic E-state index is -1.04. The average molecular weight is 418 g/mol. The fraction of sp³-hybridized carbons (Fsp3) is 0.450. The van der Waals surface area contributed by atoms with Gasteiger partial charge in [0.1, 0.15) is 23.8 Å². The molecule has 1 saturated heterocycles. The van der Waals surface area contributed by atoms with Gasteiger partial charge in [-0.05, 0) is 51.1 Å². The number of anilines is 1. The summed E-state index contributed by atoms with van der Waals surface area (Å²) < 4.78 is 10.9. The molecule has 0 spiro atoms. The summed E-state index contributed by atoms with van der Waals surface area (Å²) in [6.07, 6.45) is -1.96. The number of nitrogens with zero attached hydrogens (tertiary/aromatic N) is 2. The van der Waals surface area contributed by atoms with E-state index in [2.05, 4.69) is 10.3 Å². The van der Waals surface area contributed by atoms with Gasteiger partial charge in [-0.25, -0.2) is 20.5 Å². The van der Waals surface area contributed by atoms with Crippen LogP contribution in [0.2, 0.25) is 0 Å². The molecule has 162 valence electrons. The number of nitrogens with two attached hydrogens (primary N) is 1. The number of esters is 1. The Labute approximate surface area is 173 Å². The van der Waals surface area contributed by atoms with Crippen LogP contribution in [0.25, 0.3) is 10.9 Å². The molecule has 4 N–H and O–H groups in total. The van der Waals surface area contributed by atoms with Crippen LogP contribution < -0.4 is 16.0 Å². The molecule has 0 radical (unpaired) electrons. The quantitative estimate of drug-likeness (QED) is 0.455. The van der Waals surface area contributed by atoms with Crippen molar-refractivity contribution in [2.45, 2.75) is 38.5 Å². The first-order valence-electron chi connectivity index (χ1n) is 9.51. The van der Waals surface area contributed by atoms with E-state index < -0.39 is 23.8 Å². The number of carbonyl (C=O) groups is 2. The number of amides is 1. The Hall–Kier alpha value is -3.11. The summed E-state index contributed by atoms with van der Waals surface area (Å²) in [5, 5.41) is 13.0. The highest BCUT2D eigenvalue weighted by Crippen LogP contribution is 2.23. The number of likely N-dealkylation sites (tertiary alicyclic amines) is 1. The van der Waals surface area contributed by atoms with E-state index in [0.717, 1.165) is 10.9 Å². The highest BCUT2D eigenvalue weighted by molar-refractivity contribution is 5.82. The van der Waals surface area contributed by atoms with Gasteiger partial charge in [-0.15, -0.1) is 0 Å². The molecule has 1 atom stereocenters. The SMILES string of the molecule is CC(C)(C)OC(=O)C(COc1ccc2nc(NC3CN(C(=O)O)C3)ccc2c1)ON. The van der Waals surface area contributed by atoms with Gasteiger partial charge < -0.3 is 24.8 Å².